The van der Waals surface area contributed by atoms with E-state index in [2.05, 4.69) is 20.8 Å². The minimum absolute atomic E-state index is 0.0988. The number of halogens is 1. The van der Waals surface area contributed by atoms with Gasteiger partial charge < -0.3 is 10.8 Å². The summed E-state index contributed by atoms with van der Waals surface area (Å²) in [7, 11) is 0. The molecule has 19 heavy (non-hydrogen) atoms. The third kappa shape index (κ3) is 3.78. The highest BCUT2D eigenvalue weighted by Crippen LogP contribution is 2.29. The Kier molecular flexibility index (Phi) is 4.96. The second kappa shape index (κ2) is 6.50. The zero-order chi connectivity index (χ0) is 13.8. The summed E-state index contributed by atoms with van der Waals surface area (Å²) >= 11 is 3.42. The Hall–Kier alpha value is -0.910. The number of carboxylic acids is 1. The van der Waals surface area contributed by atoms with Crippen molar-refractivity contribution in [2.75, 3.05) is 13.1 Å². The molecule has 1 fully saturated rings. The molecular formula is C14H19BrN2O2. The van der Waals surface area contributed by atoms with Gasteiger partial charge in [-0.25, -0.2) is 0 Å². The Morgan fingerprint density at radius 1 is 1.32 bits per heavy atom. The van der Waals surface area contributed by atoms with Crippen LogP contribution in [0, 0.1) is 0 Å². The number of nitrogens with zero attached hydrogens (tertiary/aromatic N) is 1. The molecule has 0 unspecified atom stereocenters. The van der Waals surface area contributed by atoms with Crippen LogP contribution < -0.4 is 5.73 Å². The van der Waals surface area contributed by atoms with Gasteiger partial charge in [0.1, 0.15) is 6.04 Å². The maximum atomic E-state index is 11.0. The smallest absolute Gasteiger partial charge is 0.320 e. The third-order valence-electron chi connectivity index (χ3n) is 3.63. The van der Waals surface area contributed by atoms with Gasteiger partial charge in [-0.1, -0.05) is 28.1 Å². The van der Waals surface area contributed by atoms with Crippen molar-refractivity contribution in [2.24, 2.45) is 5.73 Å². The lowest BCUT2D eigenvalue weighted by molar-refractivity contribution is -0.139. The molecule has 4 nitrogen and oxygen atoms in total. The van der Waals surface area contributed by atoms with Gasteiger partial charge in [0, 0.05) is 10.5 Å². The quantitative estimate of drug-likeness (QED) is 0.871. The van der Waals surface area contributed by atoms with Gasteiger partial charge in [0.2, 0.25) is 0 Å². The first-order chi connectivity index (χ1) is 9.08. The number of nitrogens with two attached hydrogens (primary N) is 1. The Balaban J connectivity index is 2.17. The molecule has 1 aliphatic heterocycles. The number of carbonyl (C=O) groups is 1. The van der Waals surface area contributed by atoms with Gasteiger partial charge in [-0.15, -0.1) is 0 Å². The molecule has 0 amide bonds. The maximum Gasteiger partial charge on any atom is 0.320 e. The van der Waals surface area contributed by atoms with Crippen LogP contribution in [-0.4, -0.2) is 35.1 Å². The van der Waals surface area contributed by atoms with Crippen molar-refractivity contribution in [3.05, 3.63) is 34.3 Å². The summed E-state index contributed by atoms with van der Waals surface area (Å²) < 4.78 is 1.03. The van der Waals surface area contributed by atoms with Crippen molar-refractivity contribution in [3.8, 4) is 0 Å². The largest absolute Gasteiger partial charge is 0.480 e. The number of hydrogen-bond acceptors (Lipinski definition) is 3. The van der Waals surface area contributed by atoms with Gasteiger partial charge in [0.15, 0.2) is 0 Å². The van der Waals surface area contributed by atoms with Crippen molar-refractivity contribution in [1.29, 1.82) is 0 Å². The number of rotatable bonds is 5. The number of likely N-dealkylation sites (tertiary alicyclic amines) is 1. The first-order valence-electron chi connectivity index (χ1n) is 6.56. The molecule has 0 saturated carbocycles. The molecule has 1 aliphatic rings. The van der Waals surface area contributed by atoms with Crippen molar-refractivity contribution >= 4 is 21.9 Å². The summed E-state index contributed by atoms with van der Waals surface area (Å²) in [4.78, 5) is 13.3. The van der Waals surface area contributed by atoms with E-state index in [9.17, 15) is 4.79 Å². The van der Waals surface area contributed by atoms with Crippen LogP contribution in [-0.2, 0) is 4.79 Å². The molecule has 2 atom stereocenters. The zero-order valence-corrected chi connectivity index (χ0v) is 12.3. The van der Waals surface area contributed by atoms with E-state index in [1.54, 1.807) is 0 Å². The molecule has 104 valence electrons. The molecule has 0 spiro atoms. The van der Waals surface area contributed by atoms with E-state index < -0.39 is 12.0 Å². The molecule has 5 heteroatoms. The highest BCUT2D eigenvalue weighted by Gasteiger charge is 2.27. The van der Waals surface area contributed by atoms with Gasteiger partial charge in [0.25, 0.3) is 0 Å². The van der Waals surface area contributed by atoms with Crippen molar-refractivity contribution in [1.82, 2.24) is 4.90 Å². The number of hydrogen-bond donors (Lipinski definition) is 2. The summed E-state index contributed by atoms with van der Waals surface area (Å²) in [6.07, 6.45) is 2.81. The van der Waals surface area contributed by atoms with Crippen LogP contribution in [0.2, 0.25) is 0 Å². The predicted octanol–water partition coefficient (Wildman–Crippen LogP) is 2.39. The van der Waals surface area contributed by atoms with Crippen LogP contribution in [0.25, 0.3) is 0 Å². The van der Waals surface area contributed by atoms with E-state index in [0.29, 0.717) is 6.42 Å². The molecular weight excluding hydrogens is 308 g/mol. The predicted molar refractivity (Wildman–Crippen MR) is 77.9 cm³/mol. The Morgan fingerprint density at radius 3 is 2.42 bits per heavy atom. The normalized spacial score (nSPS) is 19.3. The third-order valence-corrected chi connectivity index (χ3v) is 4.16. The summed E-state index contributed by atoms with van der Waals surface area (Å²) in [5.74, 6) is -0.929. The minimum Gasteiger partial charge on any atom is -0.480 e. The highest BCUT2D eigenvalue weighted by molar-refractivity contribution is 9.10. The van der Waals surface area contributed by atoms with Gasteiger partial charge in [-0.05, 0) is 50.0 Å². The standard InChI is InChI=1S/C14H19BrN2O2/c15-11-5-3-10(4-6-11)13(9-12(16)14(18)19)17-7-1-2-8-17/h3-6,12-13H,1-2,7-9,16H2,(H,18,19)/t12-,13-/m1/s1. The van der Waals surface area contributed by atoms with Gasteiger partial charge in [-0.2, -0.15) is 0 Å². The van der Waals surface area contributed by atoms with Gasteiger partial charge >= 0.3 is 5.97 Å². The first-order valence-corrected chi connectivity index (χ1v) is 7.35. The second-order valence-electron chi connectivity index (χ2n) is 4.99. The summed E-state index contributed by atoms with van der Waals surface area (Å²) in [6.45, 7) is 2.04. The van der Waals surface area contributed by atoms with Crippen LogP contribution in [0.5, 0.6) is 0 Å². The van der Waals surface area contributed by atoms with E-state index in [1.807, 2.05) is 24.3 Å². The lowest BCUT2D eigenvalue weighted by Gasteiger charge is -2.29. The number of carboxylic acid groups (broad SMARTS) is 1. The maximum absolute atomic E-state index is 11.0. The summed E-state index contributed by atoms with van der Waals surface area (Å²) in [6, 6.07) is 7.36. The topological polar surface area (TPSA) is 66.6 Å². The second-order valence-corrected chi connectivity index (χ2v) is 5.91. The number of aliphatic carboxylic acids is 1. The lowest BCUT2D eigenvalue weighted by Crippen LogP contribution is -2.36. The van der Waals surface area contributed by atoms with Crippen LogP contribution in [0.15, 0.2) is 28.7 Å². The summed E-state index contributed by atoms with van der Waals surface area (Å²) in [5, 5.41) is 9.01. The monoisotopic (exact) mass is 326 g/mol. The van der Waals surface area contributed by atoms with Crippen molar-refractivity contribution in [2.45, 2.75) is 31.3 Å². The fourth-order valence-electron chi connectivity index (χ4n) is 2.58. The van der Waals surface area contributed by atoms with E-state index in [0.717, 1.165) is 23.1 Å². The fraction of sp³-hybridized carbons (Fsp3) is 0.500. The van der Waals surface area contributed by atoms with Crippen LogP contribution in [0.4, 0.5) is 0 Å². The van der Waals surface area contributed by atoms with E-state index >= 15 is 0 Å². The van der Waals surface area contributed by atoms with Crippen LogP contribution in [0.3, 0.4) is 0 Å². The van der Waals surface area contributed by atoms with E-state index in [-0.39, 0.29) is 6.04 Å². The minimum atomic E-state index is -0.929. The molecule has 2 rings (SSSR count). The molecule has 1 aromatic rings. The van der Waals surface area contributed by atoms with Crippen molar-refractivity contribution < 1.29 is 9.90 Å². The number of benzene rings is 1. The van der Waals surface area contributed by atoms with E-state index in [4.69, 9.17) is 10.8 Å². The van der Waals surface area contributed by atoms with Gasteiger partial charge in [-0.3, -0.25) is 9.69 Å². The molecule has 1 aromatic carbocycles. The first kappa shape index (κ1) is 14.5. The average molecular weight is 327 g/mol. The van der Waals surface area contributed by atoms with Crippen LogP contribution in [0.1, 0.15) is 30.9 Å². The molecule has 1 saturated heterocycles. The SMILES string of the molecule is N[C@H](C[C@H](c1ccc(Br)cc1)N1CCCC1)C(=O)O. The summed E-state index contributed by atoms with van der Waals surface area (Å²) in [5.41, 5.74) is 6.86. The Bertz CT molecular complexity index is 430. The van der Waals surface area contributed by atoms with Crippen molar-refractivity contribution in [3.63, 3.8) is 0 Å². The lowest BCUT2D eigenvalue weighted by atomic mass is 9.98. The molecule has 0 aromatic heterocycles. The molecule has 0 radical (unpaired) electrons. The van der Waals surface area contributed by atoms with Gasteiger partial charge in [0.05, 0.1) is 0 Å². The Morgan fingerprint density at radius 2 is 1.89 bits per heavy atom. The molecule has 0 aliphatic carbocycles. The highest BCUT2D eigenvalue weighted by atomic mass is 79.9. The zero-order valence-electron chi connectivity index (χ0n) is 10.8. The molecule has 1 heterocycles. The molecule has 0 bridgehead atoms. The van der Waals surface area contributed by atoms with Crippen LogP contribution >= 0.6 is 15.9 Å². The van der Waals surface area contributed by atoms with E-state index in [1.165, 1.54) is 12.8 Å². The Labute approximate surface area is 121 Å². The fourth-order valence-corrected chi connectivity index (χ4v) is 2.84. The molecule has 3 N–H and O–H groups in total. The average Bonchev–Trinajstić information content (AvgIpc) is 2.90.